The molecule has 0 spiro atoms. The zero-order chi connectivity index (χ0) is 13.7. The van der Waals surface area contributed by atoms with Crippen molar-refractivity contribution >= 4 is 5.91 Å². The van der Waals surface area contributed by atoms with Crippen LogP contribution < -0.4 is 0 Å². The van der Waals surface area contributed by atoms with Crippen molar-refractivity contribution in [2.75, 3.05) is 0 Å². The summed E-state index contributed by atoms with van der Waals surface area (Å²) in [7, 11) is 0. The van der Waals surface area contributed by atoms with Crippen LogP contribution in [0.15, 0.2) is 24.3 Å². The minimum Gasteiger partial charge on any atom is -0.338 e. The number of aryl methyl sites for hydroxylation is 1. The van der Waals surface area contributed by atoms with Crippen LogP contribution in [0.3, 0.4) is 0 Å². The highest BCUT2D eigenvalue weighted by Crippen LogP contribution is 2.11. The number of rotatable bonds is 5. The van der Waals surface area contributed by atoms with Crippen LogP contribution in [0.1, 0.15) is 39.7 Å². The van der Waals surface area contributed by atoms with E-state index < -0.39 is 0 Å². The number of benzene rings is 1. The Bertz CT molecular complexity index is 376. The second kappa shape index (κ2) is 6.53. The topological polar surface area (TPSA) is 20.3 Å². The molecule has 0 heterocycles. The Kier molecular flexibility index (Phi) is 5.32. The van der Waals surface area contributed by atoms with Crippen molar-refractivity contribution in [3.05, 3.63) is 35.6 Å². The van der Waals surface area contributed by atoms with Gasteiger partial charge in [-0.05, 0) is 51.8 Å². The first-order chi connectivity index (χ1) is 8.41. The van der Waals surface area contributed by atoms with Crippen molar-refractivity contribution < 1.29 is 9.18 Å². The number of halogens is 1. The molecule has 0 N–H and O–H groups in total. The first kappa shape index (κ1) is 14.7. The Morgan fingerprint density at radius 3 is 2.06 bits per heavy atom. The number of hydrogen-bond acceptors (Lipinski definition) is 1. The van der Waals surface area contributed by atoms with Gasteiger partial charge < -0.3 is 4.90 Å². The second-order valence-electron chi connectivity index (χ2n) is 5.11. The maximum atomic E-state index is 12.8. The molecule has 0 unspecified atom stereocenters. The van der Waals surface area contributed by atoms with E-state index in [4.69, 9.17) is 0 Å². The molecule has 0 aliphatic heterocycles. The van der Waals surface area contributed by atoms with E-state index in [-0.39, 0.29) is 23.8 Å². The molecule has 1 amide bonds. The average molecular weight is 251 g/mol. The molecular weight excluding hydrogens is 229 g/mol. The highest BCUT2D eigenvalue weighted by Gasteiger charge is 2.19. The zero-order valence-corrected chi connectivity index (χ0v) is 11.6. The van der Waals surface area contributed by atoms with Gasteiger partial charge in [0, 0.05) is 18.5 Å². The Labute approximate surface area is 109 Å². The van der Waals surface area contributed by atoms with Crippen LogP contribution in [-0.2, 0) is 11.2 Å². The van der Waals surface area contributed by atoms with Gasteiger partial charge in [0.25, 0.3) is 0 Å². The van der Waals surface area contributed by atoms with Gasteiger partial charge in [-0.1, -0.05) is 12.1 Å². The number of nitrogens with zero attached hydrogens (tertiary/aromatic N) is 1. The molecule has 1 rings (SSSR count). The normalized spacial score (nSPS) is 11.1. The van der Waals surface area contributed by atoms with Gasteiger partial charge in [0.15, 0.2) is 0 Å². The molecule has 100 valence electrons. The molecule has 1 aromatic rings. The molecule has 2 nitrogen and oxygen atoms in total. The van der Waals surface area contributed by atoms with E-state index in [1.807, 2.05) is 32.6 Å². The van der Waals surface area contributed by atoms with E-state index in [2.05, 4.69) is 0 Å². The molecular formula is C15H22FNO. The standard InChI is InChI=1S/C15H22FNO/c1-11(2)17(12(3)4)15(18)10-7-13-5-8-14(16)9-6-13/h5-6,8-9,11-12H,7,10H2,1-4H3. The van der Waals surface area contributed by atoms with Crippen molar-refractivity contribution in [1.82, 2.24) is 4.90 Å². The Morgan fingerprint density at radius 1 is 1.11 bits per heavy atom. The Morgan fingerprint density at radius 2 is 1.61 bits per heavy atom. The lowest BCUT2D eigenvalue weighted by molar-refractivity contribution is -0.134. The lowest BCUT2D eigenvalue weighted by Gasteiger charge is -2.30. The lowest BCUT2D eigenvalue weighted by Crippen LogP contribution is -2.42. The van der Waals surface area contributed by atoms with Crippen LogP contribution in [0, 0.1) is 5.82 Å². The Hall–Kier alpha value is -1.38. The highest BCUT2D eigenvalue weighted by molar-refractivity contribution is 5.77. The largest absolute Gasteiger partial charge is 0.338 e. The summed E-state index contributed by atoms with van der Waals surface area (Å²) in [5.41, 5.74) is 0.997. The number of carbonyl (C=O) groups is 1. The SMILES string of the molecule is CC(C)N(C(=O)CCc1ccc(F)cc1)C(C)C. The van der Waals surface area contributed by atoms with Crippen molar-refractivity contribution in [2.45, 2.75) is 52.6 Å². The van der Waals surface area contributed by atoms with Gasteiger partial charge >= 0.3 is 0 Å². The molecule has 18 heavy (non-hydrogen) atoms. The van der Waals surface area contributed by atoms with Crippen LogP contribution in [0.4, 0.5) is 4.39 Å². The fraction of sp³-hybridized carbons (Fsp3) is 0.533. The monoisotopic (exact) mass is 251 g/mol. The van der Waals surface area contributed by atoms with E-state index in [0.29, 0.717) is 12.8 Å². The number of hydrogen-bond donors (Lipinski definition) is 0. The van der Waals surface area contributed by atoms with Crippen molar-refractivity contribution in [2.24, 2.45) is 0 Å². The van der Waals surface area contributed by atoms with Crippen molar-refractivity contribution in [3.63, 3.8) is 0 Å². The van der Waals surface area contributed by atoms with Crippen LogP contribution >= 0.6 is 0 Å². The quantitative estimate of drug-likeness (QED) is 0.785. The van der Waals surface area contributed by atoms with E-state index in [9.17, 15) is 9.18 Å². The van der Waals surface area contributed by atoms with E-state index in [0.717, 1.165) is 5.56 Å². The summed E-state index contributed by atoms with van der Waals surface area (Å²) in [6.07, 6.45) is 1.14. The fourth-order valence-electron chi connectivity index (χ4n) is 2.20. The summed E-state index contributed by atoms with van der Waals surface area (Å²) < 4.78 is 12.8. The second-order valence-corrected chi connectivity index (χ2v) is 5.11. The molecule has 0 fully saturated rings. The van der Waals surface area contributed by atoms with Crippen LogP contribution in [-0.4, -0.2) is 22.9 Å². The summed E-state index contributed by atoms with van der Waals surface area (Å²) in [6, 6.07) is 6.76. The van der Waals surface area contributed by atoms with Gasteiger partial charge in [-0.2, -0.15) is 0 Å². The van der Waals surface area contributed by atoms with Crippen LogP contribution in [0.2, 0.25) is 0 Å². The Balaban J connectivity index is 2.57. The molecule has 0 bridgehead atoms. The molecule has 0 aliphatic carbocycles. The van der Waals surface area contributed by atoms with E-state index >= 15 is 0 Å². The van der Waals surface area contributed by atoms with Crippen molar-refractivity contribution in [3.8, 4) is 0 Å². The first-order valence-corrected chi connectivity index (χ1v) is 6.47. The third-order valence-corrected chi connectivity index (χ3v) is 2.94. The molecule has 0 atom stereocenters. The molecule has 1 aromatic carbocycles. The minimum atomic E-state index is -0.240. The van der Waals surface area contributed by atoms with Crippen molar-refractivity contribution in [1.29, 1.82) is 0 Å². The van der Waals surface area contributed by atoms with E-state index in [1.165, 1.54) is 12.1 Å². The molecule has 0 aromatic heterocycles. The maximum Gasteiger partial charge on any atom is 0.223 e. The highest BCUT2D eigenvalue weighted by atomic mass is 19.1. The molecule has 0 saturated carbocycles. The maximum absolute atomic E-state index is 12.8. The average Bonchev–Trinajstić information content (AvgIpc) is 2.27. The van der Waals surface area contributed by atoms with Gasteiger partial charge in [-0.3, -0.25) is 4.79 Å². The summed E-state index contributed by atoms with van der Waals surface area (Å²) in [5.74, 6) is -0.0830. The third-order valence-electron chi connectivity index (χ3n) is 2.94. The van der Waals surface area contributed by atoms with Gasteiger partial charge in [0.1, 0.15) is 5.82 Å². The predicted octanol–water partition coefficient (Wildman–Crippen LogP) is 3.40. The predicted molar refractivity (Wildman–Crippen MR) is 71.8 cm³/mol. The van der Waals surface area contributed by atoms with Gasteiger partial charge in [0.2, 0.25) is 5.91 Å². The summed E-state index contributed by atoms with van der Waals surface area (Å²) in [6.45, 7) is 8.09. The molecule has 3 heteroatoms. The first-order valence-electron chi connectivity index (χ1n) is 6.47. The number of carbonyl (C=O) groups excluding carboxylic acids is 1. The zero-order valence-electron chi connectivity index (χ0n) is 11.6. The van der Waals surface area contributed by atoms with E-state index in [1.54, 1.807) is 12.1 Å². The smallest absolute Gasteiger partial charge is 0.223 e. The minimum absolute atomic E-state index is 0.157. The molecule has 0 radical (unpaired) electrons. The van der Waals surface area contributed by atoms with Crippen LogP contribution in [0.5, 0.6) is 0 Å². The van der Waals surface area contributed by atoms with Crippen LogP contribution in [0.25, 0.3) is 0 Å². The summed E-state index contributed by atoms with van der Waals surface area (Å²) in [4.78, 5) is 14.0. The summed E-state index contributed by atoms with van der Waals surface area (Å²) >= 11 is 0. The van der Waals surface area contributed by atoms with Gasteiger partial charge in [-0.25, -0.2) is 4.39 Å². The number of amides is 1. The molecule has 0 saturated heterocycles. The molecule has 0 aliphatic rings. The van der Waals surface area contributed by atoms with Gasteiger partial charge in [-0.15, -0.1) is 0 Å². The fourth-order valence-corrected chi connectivity index (χ4v) is 2.20. The van der Waals surface area contributed by atoms with Gasteiger partial charge in [0.05, 0.1) is 0 Å². The summed E-state index contributed by atoms with van der Waals surface area (Å²) in [5, 5.41) is 0. The lowest BCUT2D eigenvalue weighted by atomic mass is 10.1. The third kappa shape index (κ3) is 4.13.